The van der Waals surface area contributed by atoms with Gasteiger partial charge < -0.3 is 34.5 Å². The summed E-state index contributed by atoms with van der Waals surface area (Å²) in [4.78, 5) is 60.4. The van der Waals surface area contributed by atoms with Gasteiger partial charge in [0.25, 0.3) is 11.4 Å². The molecule has 24 heteroatoms. The van der Waals surface area contributed by atoms with Crippen molar-refractivity contribution < 1.29 is 65.8 Å². The fourth-order valence-electron chi connectivity index (χ4n) is 2.53. The van der Waals surface area contributed by atoms with Crippen molar-refractivity contribution in [3.8, 4) is 0 Å². The Morgan fingerprint density at radius 1 is 1.09 bits per heavy atom. The lowest BCUT2D eigenvalue weighted by Gasteiger charge is -2.41. The molecule has 1 fully saturated rings. The number of H-pyrrole nitrogens is 1. The maximum Gasteiger partial charge on any atom is 0.490 e. The van der Waals surface area contributed by atoms with Gasteiger partial charge in [0, 0.05) is 12.3 Å². The summed E-state index contributed by atoms with van der Waals surface area (Å²) in [5.41, 5.74) is -5.44. The van der Waals surface area contributed by atoms with Crippen molar-refractivity contribution in [2.24, 2.45) is 0 Å². The Bertz CT molecular complexity index is 1190. The summed E-state index contributed by atoms with van der Waals surface area (Å²) in [6.45, 7) is 0. The fraction of sp³-hybridized carbons (Fsp3) is 0.556. The number of aromatic amines is 1. The van der Waals surface area contributed by atoms with E-state index in [0.717, 1.165) is 0 Å². The summed E-state index contributed by atoms with van der Waals surface area (Å²) >= 11 is 0. The number of rotatable bonds is 8. The Hall–Kier alpha value is -0.905. The number of nitrogens with one attached hydrogen (secondary N) is 1. The second-order valence-corrected chi connectivity index (χ2v) is 10.7. The largest absolute Gasteiger partial charge is 0.490 e. The van der Waals surface area contributed by atoms with Crippen molar-refractivity contribution in [1.82, 2.24) is 9.55 Å². The first-order chi connectivity index (χ1) is 14.6. The summed E-state index contributed by atoms with van der Waals surface area (Å²) in [6, 6.07) is 0.668. The minimum atomic E-state index is -6.19. The van der Waals surface area contributed by atoms with Crippen LogP contribution in [0.15, 0.2) is 21.9 Å². The molecule has 2 rings (SSSR count). The molecule has 0 saturated carbocycles. The van der Waals surface area contributed by atoms with Gasteiger partial charge in [-0.05, 0) is 0 Å². The minimum Gasteiger partial charge on any atom is -0.386 e. The molecule has 6 atom stereocenters. The molecule has 7 N–H and O–H groups in total. The third-order valence-electron chi connectivity index (χ3n) is 3.83. The van der Waals surface area contributed by atoms with E-state index in [9.17, 15) is 38.4 Å². The molecule has 1 aromatic rings. The number of hydrogen-bond acceptors (Lipinski definition) is 11. The summed E-state index contributed by atoms with van der Waals surface area (Å²) in [5.74, 6) is -4.21. The molecular formula is C9H11B3FN2O15P3. The molecule has 2 unspecified atom stereocenters. The van der Waals surface area contributed by atoms with Crippen LogP contribution in [0.25, 0.3) is 0 Å². The van der Waals surface area contributed by atoms with Gasteiger partial charge in [-0.2, -0.15) is 8.62 Å². The summed E-state index contributed by atoms with van der Waals surface area (Å²) in [6.07, 6.45) is -5.01. The molecule has 1 aliphatic rings. The van der Waals surface area contributed by atoms with Crippen LogP contribution in [0, 0.1) is 0 Å². The van der Waals surface area contributed by atoms with Crippen LogP contribution in [0.4, 0.5) is 4.39 Å². The predicted octanol–water partition coefficient (Wildman–Crippen LogP) is -3.93. The Labute approximate surface area is 185 Å². The van der Waals surface area contributed by atoms with Gasteiger partial charge in [-0.3, -0.25) is 18.9 Å². The van der Waals surface area contributed by atoms with Crippen LogP contribution in [0.2, 0.25) is 0 Å². The van der Waals surface area contributed by atoms with Gasteiger partial charge >= 0.3 is 29.2 Å². The Morgan fingerprint density at radius 2 is 1.64 bits per heavy atom. The van der Waals surface area contributed by atoms with E-state index in [2.05, 4.69) is 17.9 Å². The topological polar surface area (TPSA) is 264 Å². The quantitative estimate of drug-likeness (QED) is 0.125. The van der Waals surface area contributed by atoms with Crippen LogP contribution >= 0.6 is 23.5 Å². The van der Waals surface area contributed by atoms with Crippen molar-refractivity contribution in [2.45, 2.75) is 29.1 Å². The van der Waals surface area contributed by atoms with Crippen LogP contribution in [-0.4, -0.2) is 86.3 Å². The molecule has 1 aliphatic heterocycles. The number of aromatic nitrogens is 2. The van der Waals surface area contributed by atoms with Gasteiger partial charge in [-0.25, -0.2) is 22.9 Å². The number of phosphoric acid groups is 3. The lowest BCUT2D eigenvalue weighted by molar-refractivity contribution is -0.239. The molecule has 1 aromatic heterocycles. The van der Waals surface area contributed by atoms with Gasteiger partial charge in [0.15, 0.2) is 0 Å². The molecule has 1 saturated heterocycles. The van der Waals surface area contributed by atoms with Crippen molar-refractivity contribution in [3.63, 3.8) is 0 Å². The zero-order valence-corrected chi connectivity index (χ0v) is 18.2. The highest BCUT2D eigenvalue weighted by molar-refractivity contribution is 7.66. The van der Waals surface area contributed by atoms with Crippen molar-refractivity contribution in [1.29, 1.82) is 0 Å². The molecule has 0 spiro atoms. The van der Waals surface area contributed by atoms with Crippen molar-refractivity contribution in [3.05, 3.63) is 33.1 Å². The summed E-state index contributed by atoms with van der Waals surface area (Å²) in [7, 11) is -2.01. The monoisotopic (exact) mass is 532 g/mol. The van der Waals surface area contributed by atoms with Gasteiger partial charge in [-0.15, -0.1) is 0 Å². The maximum absolute atomic E-state index is 15.5. The van der Waals surface area contributed by atoms with Crippen molar-refractivity contribution >= 4 is 47.0 Å². The molecule has 0 bridgehead atoms. The second-order valence-electron chi connectivity index (χ2n) is 6.34. The molecule has 0 aliphatic carbocycles. The molecule has 17 nitrogen and oxygen atoms in total. The molecule has 178 valence electrons. The molecule has 0 aromatic carbocycles. The standard InChI is InChI=1S/C9H11B3FN2O15P3/c10-8(15-2-1-3(16)14-6(15)19)5(18)4(17)7(13,27-8)9(11,12)28-32(23,24)30-33(25,26)29-31(20,21)22/h1-2,4-5,17-18H,(H,23,24)(H,25,26)(H,14,16,19)(H2,20,21,22)/t4-,5+,7-,8-/m0/s1. The van der Waals surface area contributed by atoms with Crippen LogP contribution in [0.1, 0.15) is 0 Å². The van der Waals surface area contributed by atoms with E-state index < -0.39 is 63.8 Å². The van der Waals surface area contributed by atoms with E-state index in [4.69, 9.17) is 38.2 Å². The third-order valence-corrected chi connectivity index (χ3v) is 7.69. The van der Waals surface area contributed by atoms with Crippen LogP contribution in [0.3, 0.4) is 0 Å². The molecular weight excluding hydrogens is 520 g/mol. The molecule has 0 amide bonds. The number of alkyl halides is 1. The highest BCUT2D eigenvalue weighted by Gasteiger charge is 2.68. The number of ether oxygens (including phenoxy) is 1. The first kappa shape index (κ1) is 28.3. The summed E-state index contributed by atoms with van der Waals surface area (Å²) in [5, 5.41) is 16.3. The van der Waals surface area contributed by atoms with E-state index in [0.29, 0.717) is 12.3 Å². The van der Waals surface area contributed by atoms with E-state index in [1.165, 1.54) is 0 Å². The fourth-order valence-corrected chi connectivity index (χ4v) is 5.68. The van der Waals surface area contributed by atoms with Crippen LogP contribution in [-0.2, 0) is 37.2 Å². The smallest absolute Gasteiger partial charge is 0.386 e. The summed E-state index contributed by atoms with van der Waals surface area (Å²) < 4.78 is 64.9. The van der Waals surface area contributed by atoms with Gasteiger partial charge in [0.1, 0.15) is 41.4 Å². The average molecular weight is 532 g/mol. The average Bonchev–Trinajstić information content (AvgIpc) is 2.72. The highest BCUT2D eigenvalue weighted by Crippen LogP contribution is 2.67. The third kappa shape index (κ3) is 5.85. The van der Waals surface area contributed by atoms with Crippen LogP contribution in [0.5, 0.6) is 0 Å². The molecule has 6 radical (unpaired) electrons. The van der Waals surface area contributed by atoms with Gasteiger partial charge in [0.2, 0.25) is 0 Å². The molecule has 2 heterocycles. The van der Waals surface area contributed by atoms with E-state index in [1.54, 1.807) is 4.98 Å². The normalized spacial score (nSPS) is 32.2. The second kappa shape index (κ2) is 8.64. The van der Waals surface area contributed by atoms with Gasteiger partial charge in [-0.1, -0.05) is 0 Å². The number of aliphatic hydroxyl groups is 2. The highest BCUT2D eigenvalue weighted by atomic mass is 31.3. The van der Waals surface area contributed by atoms with Crippen molar-refractivity contribution in [2.75, 3.05) is 0 Å². The molecule has 33 heavy (non-hydrogen) atoms. The zero-order valence-electron chi connectivity index (χ0n) is 15.6. The maximum atomic E-state index is 15.5. The zero-order chi connectivity index (χ0) is 25.8. The van der Waals surface area contributed by atoms with E-state index in [1.807, 2.05) is 0 Å². The lowest BCUT2D eigenvalue weighted by atomic mass is 9.59. The van der Waals surface area contributed by atoms with Gasteiger partial charge in [0.05, 0.1) is 5.40 Å². The van der Waals surface area contributed by atoms with E-state index >= 15 is 4.39 Å². The minimum absolute atomic E-state index is 0.171. The van der Waals surface area contributed by atoms with E-state index in [-0.39, 0.29) is 4.57 Å². The number of nitrogens with zero attached hydrogens (tertiary/aromatic N) is 1. The Morgan fingerprint density at radius 3 is 2.12 bits per heavy atom. The van der Waals surface area contributed by atoms with Crippen LogP contribution < -0.4 is 11.2 Å². The number of hydrogen-bond donors (Lipinski definition) is 7. The number of aliphatic hydroxyl groups excluding tert-OH is 2. The first-order valence-electron chi connectivity index (χ1n) is 7.84. The number of halogens is 1. The lowest BCUT2D eigenvalue weighted by Crippen LogP contribution is -2.60. The first-order valence-corrected chi connectivity index (χ1v) is 12.4. The number of phosphoric ester groups is 1. The SMILES string of the molecule is [B]C([B])(OP(=O)(O)OP(=O)(O)OP(=O)(O)O)[C@@]1(F)O[C@@]([B])(n2ccc(=O)[nH]c2=O)[C@H](O)[C@@H]1O. The Balaban J connectivity index is 2.40. The predicted molar refractivity (Wildman–Crippen MR) is 101 cm³/mol. The Kier molecular flexibility index (Phi) is 7.42.